The zero-order valence-electron chi connectivity index (χ0n) is 22.1. The van der Waals surface area contributed by atoms with Crippen LogP contribution in [0.4, 0.5) is 5.13 Å². The van der Waals surface area contributed by atoms with Gasteiger partial charge in [-0.3, -0.25) is 19.3 Å². The van der Waals surface area contributed by atoms with E-state index in [4.69, 9.17) is 21.1 Å². The lowest BCUT2D eigenvalue weighted by Gasteiger charge is -2.24. The van der Waals surface area contributed by atoms with Gasteiger partial charge in [-0.1, -0.05) is 42.3 Å². The smallest absolute Gasteiger partial charge is 0.301 e. The van der Waals surface area contributed by atoms with Crippen molar-refractivity contribution in [1.82, 2.24) is 4.98 Å². The number of ether oxygens (including phenoxy) is 2. The third kappa shape index (κ3) is 5.69. The number of carbonyl (C=O) groups excluding carboxylic acids is 3. The van der Waals surface area contributed by atoms with Crippen molar-refractivity contribution in [2.24, 2.45) is 0 Å². The summed E-state index contributed by atoms with van der Waals surface area (Å²) >= 11 is 7.04. The number of halogens is 1. The van der Waals surface area contributed by atoms with Crippen LogP contribution in [-0.2, 0) is 9.59 Å². The maximum Gasteiger partial charge on any atom is 0.301 e. The number of aliphatic hydroxyl groups is 1. The van der Waals surface area contributed by atoms with Crippen molar-refractivity contribution in [2.45, 2.75) is 46.6 Å². The lowest BCUT2D eigenvalue weighted by Crippen LogP contribution is -2.29. The van der Waals surface area contributed by atoms with Crippen LogP contribution in [0.5, 0.6) is 11.5 Å². The maximum absolute atomic E-state index is 13.5. The zero-order chi connectivity index (χ0) is 28.3. The van der Waals surface area contributed by atoms with E-state index in [9.17, 15) is 19.5 Å². The Morgan fingerprint density at radius 1 is 1.10 bits per heavy atom. The summed E-state index contributed by atoms with van der Waals surface area (Å²) in [5, 5.41) is 12.0. The minimum atomic E-state index is -1.03. The molecule has 2 heterocycles. The molecule has 1 aromatic heterocycles. The molecule has 0 bridgehead atoms. The Labute approximate surface area is 235 Å². The Morgan fingerprint density at radius 3 is 2.44 bits per heavy atom. The first-order chi connectivity index (χ1) is 18.7. The molecule has 1 atom stereocenters. The van der Waals surface area contributed by atoms with Gasteiger partial charge in [-0.15, -0.1) is 0 Å². The molecular formula is C29H29ClN2O6S. The standard InChI is InChI=1S/C29H29ClN2O6S/c1-5-7-14-38-21-13-10-19(15-22(21)37-6-2)24-23(25(34)18-8-11-20(30)12-9-18)26(35)28(36)32(24)29-31-16(3)27(39-29)17(4)33/h8-13,15,24,34H,5-7,14H2,1-4H3. The molecule has 1 aliphatic heterocycles. The van der Waals surface area contributed by atoms with E-state index in [1.807, 2.05) is 6.92 Å². The summed E-state index contributed by atoms with van der Waals surface area (Å²) in [5.74, 6) is -1.29. The van der Waals surface area contributed by atoms with Crippen LogP contribution in [0.25, 0.3) is 5.76 Å². The molecule has 1 amide bonds. The SMILES string of the molecule is CCCCOc1ccc(C2C(=C(O)c3ccc(Cl)cc3)C(=O)C(=O)N2c2nc(C)c(C(C)=O)s2)cc1OCC. The highest BCUT2D eigenvalue weighted by atomic mass is 35.5. The molecule has 4 rings (SSSR count). The molecule has 1 unspecified atom stereocenters. The molecule has 0 saturated carbocycles. The van der Waals surface area contributed by atoms with E-state index < -0.39 is 17.7 Å². The Balaban J connectivity index is 1.92. The van der Waals surface area contributed by atoms with Crippen molar-refractivity contribution in [3.63, 3.8) is 0 Å². The van der Waals surface area contributed by atoms with Gasteiger partial charge in [0.25, 0.3) is 5.78 Å². The molecule has 0 aliphatic carbocycles. The van der Waals surface area contributed by atoms with Crippen molar-refractivity contribution in [3.05, 3.63) is 74.8 Å². The fourth-order valence-corrected chi connectivity index (χ4v) is 5.44. The van der Waals surface area contributed by atoms with Crippen LogP contribution in [0.15, 0.2) is 48.0 Å². The van der Waals surface area contributed by atoms with Gasteiger partial charge in [0, 0.05) is 17.5 Å². The summed E-state index contributed by atoms with van der Waals surface area (Å²) in [6.07, 6.45) is 1.84. The number of carbonyl (C=O) groups is 3. The highest BCUT2D eigenvalue weighted by Crippen LogP contribution is 2.45. The Hall–Kier alpha value is -3.69. The minimum absolute atomic E-state index is 0.110. The van der Waals surface area contributed by atoms with Crippen LogP contribution < -0.4 is 14.4 Å². The van der Waals surface area contributed by atoms with Gasteiger partial charge in [0.05, 0.1) is 35.4 Å². The summed E-state index contributed by atoms with van der Waals surface area (Å²) in [5.41, 5.74) is 1.18. The number of hydrogen-bond acceptors (Lipinski definition) is 8. The molecule has 1 N–H and O–H groups in total. The van der Waals surface area contributed by atoms with Crippen molar-refractivity contribution < 1.29 is 29.0 Å². The van der Waals surface area contributed by atoms with E-state index in [-0.39, 0.29) is 22.2 Å². The fourth-order valence-electron chi connectivity index (χ4n) is 4.33. The van der Waals surface area contributed by atoms with E-state index >= 15 is 0 Å². The topological polar surface area (TPSA) is 106 Å². The molecule has 2 aromatic carbocycles. The molecule has 204 valence electrons. The van der Waals surface area contributed by atoms with E-state index in [2.05, 4.69) is 11.9 Å². The number of benzene rings is 2. The zero-order valence-corrected chi connectivity index (χ0v) is 23.7. The Morgan fingerprint density at radius 2 is 1.82 bits per heavy atom. The van der Waals surface area contributed by atoms with Crippen LogP contribution >= 0.6 is 22.9 Å². The van der Waals surface area contributed by atoms with E-state index in [0.717, 1.165) is 24.2 Å². The summed E-state index contributed by atoms with van der Waals surface area (Å²) < 4.78 is 11.8. The lowest BCUT2D eigenvalue weighted by atomic mass is 9.95. The maximum atomic E-state index is 13.5. The average Bonchev–Trinajstić information content (AvgIpc) is 3.42. The second kappa shape index (κ2) is 12.0. The number of unbranched alkanes of at least 4 members (excludes halogenated alkanes) is 1. The third-order valence-corrected chi connectivity index (χ3v) is 7.72. The normalized spacial score (nSPS) is 16.5. The van der Waals surface area contributed by atoms with E-state index in [1.165, 1.54) is 11.8 Å². The second-order valence-corrected chi connectivity index (χ2v) is 10.4. The van der Waals surface area contributed by atoms with E-state index in [1.54, 1.807) is 49.4 Å². The number of aromatic nitrogens is 1. The van der Waals surface area contributed by atoms with Crippen LogP contribution in [0.1, 0.15) is 66.1 Å². The largest absolute Gasteiger partial charge is 0.507 e. The van der Waals surface area contributed by atoms with Crippen LogP contribution in [-0.4, -0.2) is 40.8 Å². The number of ketones is 2. The van der Waals surface area contributed by atoms with Gasteiger partial charge >= 0.3 is 5.91 Å². The van der Waals surface area contributed by atoms with Gasteiger partial charge in [0.15, 0.2) is 22.4 Å². The monoisotopic (exact) mass is 568 g/mol. The molecule has 10 heteroatoms. The molecule has 1 fully saturated rings. The van der Waals surface area contributed by atoms with Crippen LogP contribution in [0, 0.1) is 6.92 Å². The van der Waals surface area contributed by atoms with Gasteiger partial charge in [0.1, 0.15) is 5.76 Å². The van der Waals surface area contributed by atoms with Crippen LogP contribution in [0.3, 0.4) is 0 Å². The molecule has 8 nitrogen and oxygen atoms in total. The molecule has 39 heavy (non-hydrogen) atoms. The number of amides is 1. The minimum Gasteiger partial charge on any atom is -0.507 e. The summed E-state index contributed by atoms with van der Waals surface area (Å²) in [4.78, 5) is 45.1. The number of anilines is 1. The molecule has 1 saturated heterocycles. The van der Waals surface area contributed by atoms with Gasteiger partial charge in [-0.2, -0.15) is 0 Å². The Bertz CT molecular complexity index is 1450. The van der Waals surface area contributed by atoms with E-state index in [0.29, 0.717) is 51.4 Å². The predicted octanol–water partition coefficient (Wildman–Crippen LogP) is 6.51. The average molecular weight is 569 g/mol. The number of aliphatic hydroxyl groups excluding tert-OH is 1. The first-order valence-electron chi connectivity index (χ1n) is 12.6. The highest BCUT2D eigenvalue weighted by Gasteiger charge is 2.48. The van der Waals surface area contributed by atoms with Crippen molar-refractivity contribution in [1.29, 1.82) is 0 Å². The number of hydrogen-bond donors (Lipinski definition) is 1. The number of thiazole rings is 1. The quantitative estimate of drug-likeness (QED) is 0.0976. The van der Waals surface area contributed by atoms with Crippen molar-refractivity contribution in [2.75, 3.05) is 18.1 Å². The fraction of sp³-hybridized carbons (Fsp3) is 0.310. The molecular weight excluding hydrogens is 540 g/mol. The predicted molar refractivity (Wildman–Crippen MR) is 151 cm³/mol. The van der Waals surface area contributed by atoms with Gasteiger partial charge in [-0.25, -0.2) is 4.98 Å². The molecule has 0 spiro atoms. The molecule has 0 radical (unpaired) electrons. The van der Waals surface area contributed by atoms with Gasteiger partial charge in [-0.05, 0) is 62.2 Å². The highest BCUT2D eigenvalue weighted by molar-refractivity contribution is 7.18. The third-order valence-electron chi connectivity index (χ3n) is 6.21. The summed E-state index contributed by atoms with van der Waals surface area (Å²) in [7, 11) is 0. The van der Waals surface area contributed by atoms with Crippen molar-refractivity contribution >= 4 is 51.3 Å². The summed E-state index contributed by atoms with van der Waals surface area (Å²) in [6.45, 7) is 7.88. The first kappa shape index (κ1) is 28.3. The lowest BCUT2D eigenvalue weighted by molar-refractivity contribution is -0.132. The van der Waals surface area contributed by atoms with Crippen molar-refractivity contribution in [3.8, 4) is 11.5 Å². The first-order valence-corrected chi connectivity index (χ1v) is 13.8. The number of nitrogens with zero attached hydrogens (tertiary/aromatic N) is 2. The van der Waals surface area contributed by atoms with Gasteiger partial charge < -0.3 is 14.6 Å². The number of aryl methyl sites for hydroxylation is 1. The second-order valence-electron chi connectivity index (χ2n) is 8.98. The molecule has 3 aromatic rings. The number of Topliss-reactive ketones (excluding diaryl/α,β-unsaturated/α-hetero) is 2. The van der Waals surface area contributed by atoms with Gasteiger partial charge in [0.2, 0.25) is 0 Å². The molecule has 1 aliphatic rings. The van der Waals surface area contributed by atoms with Crippen LogP contribution in [0.2, 0.25) is 5.02 Å². The Kier molecular flexibility index (Phi) is 8.72. The number of rotatable bonds is 10. The summed E-state index contributed by atoms with van der Waals surface area (Å²) in [6, 6.07) is 10.4.